The number of nitrogens with one attached hydrogen (secondary N) is 2. The third-order valence-corrected chi connectivity index (χ3v) is 2.98. The van der Waals surface area contributed by atoms with Crippen LogP contribution in [0.25, 0.3) is 0 Å². The minimum absolute atomic E-state index is 0.578. The second kappa shape index (κ2) is 7.20. The number of anilines is 3. The second-order valence-electron chi connectivity index (χ2n) is 4.86. The van der Waals surface area contributed by atoms with E-state index in [1.807, 2.05) is 21.1 Å². The van der Waals surface area contributed by atoms with Crippen molar-refractivity contribution in [3.8, 4) is 0 Å². The molecule has 1 fully saturated rings. The maximum absolute atomic E-state index is 5.35. The van der Waals surface area contributed by atoms with Gasteiger partial charge in [0, 0.05) is 33.2 Å². The molecule has 8 nitrogen and oxygen atoms in total. The number of ether oxygens (including phenoxy) is 1. The first-order valence-corrected chi connectivity index (χ1v) is 6.84. The molecule has 0 amide bonds. The van der Waals surface area contributed by atoms with Crippen LogP contribution < -0.4 is 15.5 Å². The van der Waals surface area contributed by atoms with E-state index in [-0.39, 0.29) is 0 Å². The van der Waals surface area contributed by atoms with Crippen LogP contribution in [0.15, 0.2) is 0 Å². The zero-order valence-corrected chi connectivity index (χ0v) is 12.4. The monoisotopic (exact) mass is 281 g/mol. The molecule has 0 aromatic carbocycles. The minimum Gasteiger partial charge on any atom is -0.378 e. The topological polar surface area (TPSA) is 78.4 Å². The molecule has 1 aromatic heterocycles. The van der Waals surface area contributed by atoms with Crippen LogP contribution in [0, 0.1) is 0 Å². The van der Waals surface area contributed by atoms with Crippen LogP contribution in [-0.2, 0) is 4.74 Å². The van der Waals surface area contributed by atoms with E-state index in [0.717, 1.165) is 26.2 Å². The molecule has 0 unspecified atom stereocenters. The number of hydrogen-bond acceptors (Lipinski definition) is 8. The minimum atomic E-state index is 0.578. The van der Waals surface area contributed by atoms with Gasteiger partial charge in [-0.1, -0.05) is 0 Å². The van der Waals surface area contributed by atoms with Crippen LogP contribution in [0.4, 0.5) is 17.8 Å². The van der Waals surface area contributed by atoms with E-state index >= 15 is 0 Å². The molecule has 2 heterocycles. The molecule has 0 spiro atoms. The summed E-state index contributed by atoms with van der Waals surface area (Å²) in [5, 5.41) is 6.20. The average molecular weight is 281 g/mol. The van der Waals surface area contributed by atoms with Crippen LogP contribution >= 0.6 is 0 Å². The van der Waals surface area contributed by atoms with E-state index in [1.165, 1.54) is 0 Å². The van der Waals surface area contributed by atoms with E-state index in [0.29, 0.717) is 31.1 Å². The Balaban J connectivity index is 2.06. The first-order valence-electron chi connectivity index (χ1n) is 6.84. The lowest BCUT2D eigenvalue weighted by atomic mass is 10.4. The van der Waals surface area contributed by atoms with Gasteiger partial charge in [0.05, 0.1) is 13.2 Å². The van der Waals surface area contributed by atoms with Gasteiger partial charge in [0.25, 0.3) is 0 Å². The van der Waals surface area contributed by atoms with Gasteiger partial charge < -0.3 is 25.2 Å². The number of nitrogens with zero attached hydrogens (tertiary/aromatic N) is 5. The van der Waals surface area contributed by atoms with Gasteiger partial charge in [-0.3, -0.25) is 0 Å². The Kier molecular flexibility index (Phi) is 5.31. The second-order valence-corrected chi connectivity index (χ2v) is 4.86. The molecule has 0 bridgehead atoms. The summed E-state index contributed by atoms with van der Waals surface area (Å²) in [6, 6.07) is 0. The molecule has 0 aliphatic carbocycles. The van der Waals surface area contributed by atoms with Crippen LogP contribution in [0.3, 0.4) is 0 Å². The van der Waals surface area contributed by atoms with Crippen molar-refractivity contribution in [3.05, 3.63) is 0 Å². The number of hydrogen-bond donors (Lipinski definition) is 2. The molecule has 1 aliphatic rings. The molecule has 2 N–H and O–H groups in total. The number of morpholine rings is 1. The van der Waals surface area contributed by atoms with Gasteiger partial charge in [-0.2, -0.15) is 15.0 Å². The van der Waals surface area contributed by atoms with Crippen molar-refractivity contribution in [3.63, 3.8) is 0 Å². The maximum atomic E-state index is 5.35. The van der Waals surface area contributed by atoms with Gasteiger partial charge in [0.1, 0.15) is 0 Å². The predicted octanol–water partition coefficient (Wildman–Crippen LogP) is -0.277. The lowest BCUT2D eigenvalue weighted by molar-refractivity contribution is 0.122. The lowest BCUT2D eigenvalue weighted by Gasteiger charge is -2.27. The maximum Gasteiger partial charge on any atom is 0.232 e. The molecule has 1 saturated heterocycles. The number of aromatic nitrogens is 3. The summed E-state index contributed by atoms with van der Waals surface area (Å²) < 4.78 is 5.35. The Labute approximate surface area is 119 Å². The zero-order chi connectivity index (χ0) is 14.4. The summed E-state index contributed by atoms with van der Waals surface area (Å²) in [4.78, 5) is 17.4. The van der Waals surface area contributed by atoms with E-state index in [9.17, 15) is 0 Å². The molecule has 1 aliphatic heterocycles. The SMILES string of the molecule is CNc1nc(NCCN(C)C)nc(N2CCOCC2)n1. The van der Waals surface area contributed by atoms with Gasteiger partial charge in [0.2, 0.25) is 17.8 Å². The van der Waals surface area contributed by atoms with E-state index in [1.54, 1.807) is 0 Å². The Hall–Kier alpha value is -1.67. The fourth-order valence-electron chi connectivity index (χ4n) is 1.85. The quantitative estimate of drug-likeness (QED) is 0.737. The van der Waals surface area contributed by atoms with Crippen LogP contribution in [-0.4, -0.2) is 80.4 Å². The molecule has 8 heteroatoms. The highest BCUT2D eigenvalue weighted by molar-refractivity contribution is 5.43. The van der Waals surface area contributed by atoms with Crippen molar-refractivity contribution >= 4 is 17.8 Å². The largest absolute Gasteiger partial charge is 0.378 e. The fourth-order valence-corrected chi connectivity index (χ4v) is 1.85. The number of likely N-dealkylation sites (N-methyl/N-ethyl adjacent to an activating group) is 1. The summed E-state index contributed by atoms with van der Waals surface area (Å²) in [6.07, 6.45) is 0. The first kappa shape index (κ1) is 14.7. The van der Waals surface area contributed by atoms with E-state index in [2.05, 4.69) is 35.4 Å². The fraction of sp³-hybridized carbons (Fsp3) is 0.750. The smallest absolute Gasteiger partial charge is 0.232 e. The molecule has 2 rings (SSSR count). The molecule has 0 radical (unpaired) electrons. The molecule has 20 heavy (non-hydrogen) atoms. The molecule has 0 saturated carbocycles. The summed E-state index contributed by atoms with van der Waals surface area (Å²) >= 11 is 0. The van der Waals surface area contributed by atoms with Gasteiger partial charge in [-0.25, -0.2) is 0 Å². The normalized spacial score (nSPS) is 15.5. The lowest BCUT2D eigenvalue weighted by Crippen LogP contribution is -2.37. The first-order chi connectivity index (χ1) is 9.69. The van der Waals surface area contributed by atoms with Crippen molar-refractivity contribution in [2.45, 2.75) is 0 Å². The van der Waals surface area contributed by atoms with Gasteiger partial charge >= 0.3 is 0 Å². The predicted molar refractivity (Wildman–Crippen MR) is 79.4 cm³/mol. The molecular formula is C12H23N7O. The van der Waals surface area contributed by atoms with Gasteiger partial charge in [0.15, 0.2) is 0 Å². The van der Waals surface area contributed by atoms with Crippen molar-refractivity contribution in [1.29, 1.82) is 0 Å². The Morgan fingerprint density at radius 1 is 1.15 bits per heavy atom. The average Bonchev–Trinajstić information content (AvgIpc) is 2.47. The molecule has 0 atom stereocenters. The summed E-state index contributed by atoms with van der Waals surface area (Å²) in [5.74, 6) is 1.88. The zero-order valence-electron chi connectivity index (χ0n) is 12.4. The van der Waals surface area contributed by atoms with Gasteiger partial charge in [-0.15, -0.1) is 0 Å². The van der Waals surface area contributed by atoms with Crippen molar-refractivity contribution < 1.29 is 4.74 Å². The van der Waals surface area contributed by atoms with E-state index in [4.69, 9.17) is 4.74 Å². The number of rotatable bonds is 6. The Bertz CT molecular complexity index is 420. The highest BCUT2D eigenvalue weighted by Crippen LogP contribution is 2.14. The summed E-state index contributed by atoms with van der Waals surface area (Å²) in [7, 11) is 5.88. The highest BCUT2D eigenvalue weighted by atomic mass is 16.5. The highest BCUT2D eigenvalue weighted by Gasteiger charge is 2.16. The summed E-state index contributed by atoms with van der Waals surface area (Å²) in [6.45, 7) is 4.76. The summed E-state index contributed by atoms with van der Waals surface area (Å²) in [5.41, 5.74) is 0. The third-order valence-electron chi connectivity index (χ3n) is 2.98. The van der Waals surface area contributed by atoms with Gasteiger partial charge in [-0.05, 0) is 14.1 Å². The Morgan fingerprint density at radius 3 is 2.50 bits per heavy atom. The Morgan fingerprint density at radius 2 is 1.85 bits per heavy atom. The van der Waals surface area contributed by atoms with Crippen LogP contribution in [0.2, 0.25) is 0 Å². The molecular weight excluding hydrogens is 258 g/mol. The van der Waals surface area contributed by atoms with Crippen LogP contribution in [0.5, 0.6) is 0 Å². The molecule has 112 valence electrons. The van der Waals surface area contributed by atoms with E-state index < -0.39 is 0 Å². The van der Waals surface area contributed by atoms with Crippen molar-refractivity contribution in [2.24, 2.45) is 0 Å². The third kappa shape index (κ3) is 4.17. The van der Waals surface area contributed by atoms with Crippen molar-refractivity contribution in [1.82, 2.24) is 19.9 Å². The molecule has 1 aromatic rings. The standard InChI is InChI=1S/C12H23N7O/c1-13-10-15-11(14-4-5-18(2)3)17-12(16-10)19-6-8-20-9-7-19/h4-9H2,1-3H3,(H2,13,14,15,16,17). The van der Waals surface area contributed by atoms with Crippen LogP contribution in [0.1, 0.15) is 0 Å². The van der Waals surface area contributed by atoms with Crippen molar-refractivity contribution in [2.75, 3.05) is 76.1 Å².